The highest BCUT2D eigenvalue weighted by atomic mass is 16.2. The first-order valence-electron chi connectivity index (χ1n) is 8.06. The van der Waals surface area contributed by atoms with Crippen molar-refractivity contribution in [3.8, 4) is 0 Å². The molecule has 1 unspecified atom stereocenters. The van der Waals surface area contributed by atoms with Gasteiger partial charge in [0.1, 0.15) is 0 Å². The Hall–Kier alpha value is -1.39. The summed E-state index contributed by atoms with van der Waals surface area (Å²) in [5, 5.41) is 0. The van der Waals surface area contributed by atoms with E-state index in [2.05, 4.69) is 29.2 Å². The lowest BCUT2D eigenvalue weighted by Gasteiger charge is -2.37. The molecule has 1 atom stereocenters. The van der Waals surface area contributed by atoms with E-state index in [1.807, 2.05) is 4.90 Å². The molecule has 1 fully saturated rings. The minimum atomic E-state index is 0.254. The van der Waals surface area contributed by atoms with Crippen molar-refractivity contribution in [2.75, 3.05) is 26.2 Å². The van der Waals surface area contributed by atoms with Crippen molar-refractivity contribution >= 4 is 5.91 Å². The van der Waals surface area contributed by atoms with Crippen LogP contribution in [0.2, 0.25) is 0 Å². The molecule has 1 aromatic carbocycles. The van der Waals surface area contributed by atoms with E-state index in [1.54, 1.807) is 0 Å². The summed E-state index contributed by atoms with van der Waals surface area (Å²) in [5.41, 5.74) is 8.53. The Morgan fingerprint density at radius 1 is 1.19 bits per heavy atom. The highest BCUT2D eigenvalue weighted by Crippen LogP contribution is 2.20. The minimum Gasteiger partial charge on any atom is -0.337 e. The molecule has 0 radical (unpaired) electrons. The van der Waals surface area contributed by atoms with Gasteiger partial charge in [-0.1, -0.05) is 30.7 Å². The fourth-order valence-electron chi connectivity index (χ4n) is 3.52. The molecule has 0 aromatic heterocycles. The maximum Gasteiger partial charge on any atom is 0.237 e. The van der Waals surface area contributed by atoms with Crippen molar-refractivity contribution in [1.29, 1.82) is 0 Å². The number of hydrogen-bond acceptors (Lipinski definition) is 3. The number of fused-ring (bicyclic) bond motifs is 1. The fourth-order valence-corrected chi connectivity index (χ4v) is 3.52. The van der Waals surface area contributed by atoms with E-state index >= 15 is 0 Å². The normalized spacial score (nSPS) is 22.9. The number of likely N-dealkylation sites (tertiary alicyclic amines) is 1. The van der Waals surface area contributed by atoms with E-state index in [1.165, 1.54) is 24.0 Å². The monoisotopic (exact) mass is 287 g/mol. The summed E-state index contributed by atoms with van der Waals surface area (Å²) in [4.78, 5) is 16.9. The lowest BCUT2D eigenvalue weighted by Crippen LogP contribution is -2.50. The summed E-state index contributed by atoms with van der Waals surface area (Å²) in [6, 6.07) is 8.84. The van der Waals surface area contributed by atoms with E-state index in [4.69, 9.17) is 5.73 Å². The molecular weight excluding hydrogens is 262 g/mol. The number of nitrogens with zero attached hydrogens (tertiary/aromatic N) is 2. The lowest BCUT2D eigenvalue weighted by atomic mass is 9.99. The highest BCUT2D eigenvalue weighted by molar-refractivity contribution is 5.78. The molecule has 2 heterocycles. The molecule has 3 rings (SSSR count). The van der Waals surface area contributed by atoms with Gasteiger partial charge in [0.05, 0.1) is 6.54 Å². The number of piperidine rings is 1. The Balaban J connectivity index is 1.61. The van der Waals surface area contributed by atoms with Crippen LogP contribution in [-0.4, -0.2) is 47.9 Å². The van der Waals surface area contributed by atoms with Crippen molar-refractivity contribution < 1.29 is 4.79 Å². The summed E-state index contributed by atoms with van der Waals surface area (Å²) in [6.45, 7) is 3.81. The maximum atomic E-state index is 12.6. The number of hydrogen-bond donors (Lipinski definition) is 1. The average Bonchev–Trinajstić information content (AvgIpc) is 2.55. The third-order valence-corrected chi connectivity index (χ3v) is 4.84. The lowest BCUT2D eigenvalue weighted by molar-refractivity contribution is -0.134. The largest absolute Gasteiger partial charge is 0.337 e. The number of carbonyl (C=O) groups excluding carboxylic acids is 1. The second kappa shape index (κ2) is 6.58. The van der Waals surface area contributed by atoms with Gasteiger partial charge in [0.15, 0.2) is 0 Å². The van der Waals surface area contributed by atoms with E-state index in [0.29, 0.717) is 19.1 Å². The second-order valence-corrected chi connectivity index (χ2v) is 6.19. The van der Waals surface area contributed by atoms with E-state index in [0.717, 1.165) is 32.5 Å². The van der Waals surface area contributed by atoms with Crippen LogP contribution >= 0.6 is 0 Å². The van der Waals surface area contributed by atoms with Crippen LogP contribution in [-0.2, 0) is 17.8 Å². The molecule has 2 aliphatic heterocycles. The molecule has 1 saturated heterocycles. The zero-order chi connectivity index (χ0) is 14.7. The number of nitrogens with two attached hydrogens (primary N) is 1. The smallest absolute Gasteiger partial charge is 0.237 e. The van der Waals surface area contributed by atoms with Crippen LogP contribution in [0.3, 0.4) is 0 Å². The van der Waals surface area contributed by atoms with Crippen LogP contribution in [0.1, 0.15) is 30.4 Å². The van der Waals surface area contributed by atoms with Crippen molar-refractivity contribution in [1.82, 2.24) is 9.80 Å². The summed E-state index contributed by atoms with van der Waals surface area (Å²) >= 11 is 0. The van der Waals surface area contributed by atoms with E-state index in [9.17, 15) is 4.79 Å². The predicted octanol–water partition coefficient (Wildman–Crippen LogP) is 1.38. The third kappa shape index (κ3) is 3.27. The quantitative estimate of drug-likeness (QED) is 0.914. The van der Waals surface area contributed by atoms with Gasteiger partial charge in [0.2, 0.25) is 5.91 Å². The van der Waals surface area contributed by atoms with Crippen LogP contribution in [0.5, 0.6) is 0 Å². The Kier molecular flexibility index (Phi) is 4.56. The SMILES string of the molecule is NCC1CCCCN1CC(=O)N1CCc2ccccc2C1. The standard InChI is InChI=1S/C17H25N3O/c18-11-16-7-3-4-9-19(16)13-17(21)20-10-8-14-5-1-2-6-15(14)12-20/h1-2,5-6,16H,3-4,7-13,18H2. The molecule has 4 nitrogen and oxygen atoms in total. The first-order chi connectivity index (χ1) is 10.3. The van der Waals surface area contributed by atoms with E-state index < -0.39 is 0 Å². The summed E-state index contributed by atoms with van der Waals surface area (Å²) in [5.74, 6) is 0.254. The fraction of sp³-hybridized carbons (Fsp3) is 0.588. The minimum absolute atomic E-state index is 0.254. The molecule has 1 amide bonds. The Labute approximate surface area is 126 Å². The van der Waals surface area contributed by atoms with E-state index in [-0.39, 0.29) is 5.91 Å². The summed E-state index contributed by atoms with van der Waals surface area (Å²) < 4.78 is 0. The first kappa shape index (κ1) is 14.5. The van der Waals surface area contributed by atoms with Gasteiger partial charge in [-0.2, -0.15) is 0 Å². The van der Waals surface area contributed by atoms with Gasteiger partial charge < -0.3 is 10.6 Å². The zero-order valence-electron chi connectivity index (χ0n) is 12.6. The van der Waals surface area contributed by atoms with Crippen LogP contribution in [0.15, 0.2) is 24.3 Å². The Morgan fingerprint density at radius 2 is 2.00 bits per heavy atom. The molecule has 21 heavy (non-hydrogen) atoms. The predicted molar refractivity (Wildman–Crippen MR) is 83.8 cm³/mol. The molecule has 2 aliphatic rings. The van der Waals surface area contributed by atoms with Gasteiger partial charge in [-0.05, 0) is 36.9 Å². The molecule has 0 aliphatic carbocycles. The molecule has 0 spiro atoms. The summed E-state index contributed by atoms with van der Waals surface area (Å²) in [7, 11) is 0. The molecule has 114 valence electrons. The molecule has 4 heteroatoms. The third-order valence-electron chi connectivity index (χ3n) is 4.84. The average molecular weight is 287 g/mol. The van der Waals surface area contributed by atoms with Crippen LogP contribution in [0.25, 0.3) is 0 Å². The van der Waals surface area contributed by atoms with Gasteiger partial charge in [-0.3, -0.25) is 9.69 Å². The van der Waals surface area contributed by atoms with Gasteiger partial charge in [0.25, 0.3) is 0 Å². The van der Waals surface area contributed by atoms with Crippen molar-refractivity contribution in [2.24, 2.45) is 5.73 Å². The van der Waals surface area contributed by atoms with Crippen molar-refractivity contribution in [2.45, 2.75) is 38.3 Å². The highest BCUT2D eigenvalue weighted by Gasteiger charge is 2.26. The molecule has 1 aromatic rings. The van der Waals surface area contributed by atoms with Gasteiger partial charge in [-0.25, -0.2) is 0 Å². The van der Waals surface area contributed by atoms with Crippen molar-refractivity contribution in [3.63, 3.8) is 0 Å². The van der Waals surface area contributed by atoms with Crippen LogP contribution < -0.4 is 5.73 Å². The van der Waals surface area contributed by atoms with Gasteiger partial charge in [0, 0.05) is 25.7 Å². The number of benzene rings is 1. The number of carbonyl (C=O) groups is 1. The van der Waals surface area contributed by atoms with Crippen LogP contribution in [0, 0.1) is 0 Å². The zero-order valence-corrected chi connectivity index (χ0v) is 12.6. The molecule has 2 N–H and O–H groups in total. The molecule has 0 saturated carbocycles. The Morgan fingerprint density at radius 3 is 2.81 bits per heavy atom. The first-order valence-corrected chi connectivity index (χ1v) is 8.06. The van der Waals surface area contributed by atoms with Crippen LogP contribution in [0.4, 0.5) is 0 Å². The van der Waals surface area contributed by atoms with Crippen molar-refractivity contribution in [3.05, 3.63) is 35.4 Å². The summed E-state index contributed by atoms with van der Waals surface area (Å²) in [6.07, 6.45) is 4.53. The number of rotatable bonds is 3. The maximum absolute atomic E-state index is 12.6. The molecular formula is C17H25N3O. The molecule has 0 bridgehead atoms. The topological polar surface area (TPSA) is 49.6 Å². The van der Waals surface area contributed by atoms with Gasteiger partial charge >= 0.3 is 0 Å². The Bertz CT molecular complexity index is 503. The number of amides is 1. The second-order valence-electron chi connectivity index (χ2n) is 6.19. The van der Waals surface area contributed by atoms with Gasteiger partial charge in [-0.15, -0.1) is 0 Å².